The predicted octanol–water partition coefficient (Wildman–Crippen LogP) is 2.45. The Labute approximate surface area is 122 Å². The van der Waals surface area contributed by atoms with Gasteiger partial charge in [0.2, 0.25) is 0 Å². The minimum Gasteiger partial charge on any atom is -0.381 e. The minimum absolute atomic E-state index is 0.523. The van der Waals surface area contributed by atoms with E-state index in [9.17, 15) is 0 Å². The monoisotopic (exact) mass is 274 g/mol. The SMILES string of the molecule is CC1CN(CCC2CCOC2)C(c2ccccc2)CN1. The van der Waals surface area contributed by atoms with E-state index in [-0.39, 0.29) is 0 Å². The molecule has 3 nitrogen and oxygen atoms in total. The van der Waals surface area contributed by atoms with Gasteiger partial charge in [0.15, 0.2) is 0 Å². The first-order valence-electron chi connectivity index (χ1n) is 7.93. The summed E-state index contributed by atoms with van der Waals surface area (Å²) in [5, 5.41) is 3.62. The van der Waals surface area contributed by atoms with Crippen LogP contribution in [0, 0.1) is 5.92 Å². The van der Waals surface area contributed by atoms with Gasteiger partial charge in [-0.05, 0) is 37.8 Å². The highest BCUT2D eigenvalue weighted by molar-refractivity contribution is 5.20. The molecular weight excluding hydrogens is 248 g/mol. The maximum atomic E-state index is 5.50. The lowest BCUT2D eigenvalue weighted by Crippen LogP contribution is -2.51. The van der Waals surface area contributed by atoms with Gasteiger partial charge in [0, 0.05) is 38.4 Å². The highest BCUT2D eigenvalue weighted by atomic mass is 16.5. The maximum absolute atomic E-state index is 5.50. The van der Waals surface area contributed by atoms with Crippen LogP contribution in [0.15, 0.2) is 30.3 Å². The fourth-order valence-corrected chi connectivity index (χ4v) is 3.40. The van der Waals surface area contributed by atoms with Crippen molar-refractivity contribution in [2.45, 2.75) is 31.8 Å². The van der Waals surface area contributed by atoms with Crippen molar-refractivity contribution in [1.82, 2.24) is 10.2 Å². The Morgan fingerprint density at radius 2 is 2.15 bits per heavy atom. The third-order valence-electron chi connectivity index (χ3n) is 4.64. The Bertz CT molecular complexity index is 403. The summed E-state index contributed by atoms with van der Waals surface area (Å²) in [4.78, 5) is 2.66. The molecule has 2 aliphatic rings. The quantitative estimate of drug-likeness (QED) is 0.913. The lowest BCUT2D eigenvalue weighted by atomic mass is 9.99. The van der Waals surface area contributed by atoms with E-state index >= 15 is 0 Å². The number of ether oxygens (including phenoxy) is 1. The average molecular weight is 274 g/mol. The van der Waals surface area contributed by atoms with Crippen LogP contribution < -0.4 is 5.32 Å². The van der Waals surface area contributed by atoms with Gasteiger partial charge in [0.25, 0.3) is 0 Å². The molecular formula is C17H26N2O. The van der Waals surface area contributed by atoms with Gasteiger partial charge >= 0.3 is 0 Å². The summed E-state index contributed by atoms with van der Waals surface area (Å²) in [6, 6.07) is 12.0. The van der Waals surface area contributed by atoms with E-state index in [1.807, 2.05) is 0 Å². The van der Waals surface area contributed by atoms with Gasteiger partial charge in [-0.3, -0.25) is 4.90 Å². The van der Waals surface area contributed by atoms with E-state index in [0.717, 1.165) is 32.2 Å². The summed E-state index contributed by atoms with van der Waals surface area (Å²) in [5.74, 6) is 0.775. The van der Waals surface area contributed by atoms with Crippen molar-refractivity contribution in [3.63, 3.8) is 0 Å². The highest BCUT2D eigenvalue weighted by Crippen LogP contribution is 2.25. The Morgan fingerprint density at radius 3 is 2.90 bits per heavy atom. The van der Waals surface area contributed by atoms with Gasteiger partial charge in [-0.25, -0.2) is 0 Å². The van der Waals surface area contributed by atoms with Crippen LogP contribution in [0.2, 0.25) is 0 Å². The van der Waals surface area contributed by atoms with Crippen molar-refractivity contribution in [2.24, 2.45) is 5.92 Å². The van der Waals surface area contributed by atoms with Crippen LogP contribution in [0.4, 0.5) is 0 Å². The summed E-state index contributed by atoms with van der Waals surface area (Å²) in [7, 11) is 0. The van der Waals surface area contributed by atoms with Crippen molar-refractivity contribution in [1.29, 1.82) is 0 Å². The standard InChI is InChI=1S/C17H26N2O/c1-14-12-19(9-7-15-8-10-20-13-15)17(11-18-14)16-5-3-2-4-6-16/h2-6,14-15,17-18H,7-13H2,1H3. The Morgan fingerprint density at radius 1 is 1.30 bits per heavy atom. The topological polar surface area (TPSA) is 24.5 Å². The smallest absolute Gasteiger partial charge is 0.0495 e. The van der Waals surface area contributed by atoms with Gasteiger partial charge in [0.05, 0.1) is 0 Å². The van der Waals surface area contributed by atoms with Gasteiger partial charge in [0.1, 0.15) is 0 Å². The van der Waals surface area contributed by atoms with Crippen LogP contribution in [0.3, 0.4) is 0 Å². The third-order valence-corrected chi connectivity index (χ3v) is 4.64. The molecule has 0 spiro atoms. The molecule has 3 rings (SSSR count). The predicted molar refractivity (Wildman–Crippen MR) is 81.8 cm³/mol. The molecule has 1 aromatic rings. The molecule has 3 unspecified atom stereocenters. The first-order chi connectivity index (χ1) is 9.83. The molecule has 0 aliphatic carbocycles. The number of piperazine rings is 1. The summed E-state index contributed by atoms with van der Waals surface area (Å²) in [6.07, 6.45) is 2.52. The van der Waals surface area contributed by atoms with E-state index in [4.69, 9.17) is 4.74 Å². The van der Waals surface area contributed by atoms with Crippen molar-refractivity contribution in [3.8, 4) is 0 Å². The summed E-state index contributed by atoms with van der Waals surface area (Å²) in [5.41, 5.74) is 1.44. The second kappa shape index (κ2) is 6.70. The van der Waals surface area contributed by atoms with Gasteiger partial charge < -0.3 is 10.1 Å². The van der Waals surface area contributed by atoms with E-state index < -0.39 is 0 Å². The second-order valence-electron chi connectivity index (χ2n) is 6.25. The third kappa shape index (κ3) is 3.40. The zero-order valence-electron chi connectivity index (χ0n) is 12.4. The van der Waals surface area contributed by atoms with Crippen molar-refractivity contribution >= 4 is 0 Å². The van der Waals surface area contributed by atoms with Crippen LogP contribution in [-0.2, 0) is 4.74 Å². The largest absolute Gasteiger partial charge is 0.381 e. The fourth-order valence-electron chi connectivity index (χ4n) is 3.40. The van der Waals surface area contributed by atoms with Crippen LogP contribution in [-0.4, -0.2) is 43.8 Å². The first-order valence-corrected chi connectivity index (χ1v) is 7.93. The molecule has 3 atom stereocenters. The Hall–Kier alpha value is -0.900. The Kier molecular flexibility index (Phi) is 4.71. The molecule has 2 saturated heterocycles. The normalized spacial score (nSPS) is 31.6. The number of rotatable bonds is 4. The second-order valence-corrected chi connectivity index (χ2v) is 6.25. The molecule has 2 aliphatic heterocycles. The summed E-state index contributed by atoms with van der Waals surface area (Å²) < 4.78 is 5.50. The molecule has 2 heterocycles. The molecule has 1 aromatic carbocycles. The minimum atomic E-state index is 0.523. The molecule has 110 valence electrons. The van der Waals surface area contributed by atoms with Crippen LogP contribution in [0.25, 0.3) is 0 Å². The molecule has 2 fully saturated rings. The number of hydrogen-bond donors (Lipinski definition) is 1. The molecule has 0 amide bonds. The number of nitrogens with zero attached hydrogens (tertiary/aromatic N) is 1. The van der Waals surface area contributed by atoms with Crippen molar-refractivity contribution in [3.05, 3.63) is 35.9 Å². The summed E-state index contributed by atoms with van der Waals surface area (Å²) in [6.45, 7) is 7.62. The van der Waals surface area contributed by atoms with E-state index in [0.29, 0.717) is 12.1 Å². The van der Waals surface area contributed by atoms with E-state index in [2.05, 4.69) is 47.5 Å². The number of hydrogen-bond acceptors (Lipinski definition) is 3. The lowest BCUT2D eigenvalue weighted by molar-refractivity contribution is 0.122. The van der Waals surface area contributed by atoms with Gasteiger partial charge in [-0.2, -0.15) is 0 Å². The van der Waals surface area contributed by atoms with Crippen LogP contribution in [0.5, 0.6) is 0 Å². The molecule has 0 aromatic heterocycles. The molecule has 1 N–H and O–H groups in total. The average Bonchev–Trinajstić information content (AvgIpc) is 2.99. The zero-order chi connectivity index (χ0) is 13.8. The fraction of sp³-hybridized carbons (Fsp3) is 0.647. The van der Waals surface area contributed by atoms with Crippen LogP contribution >= 0.6 is 0 Å². The van der Waals surface area contributed by atoms with Crippen molar-refractivity contribution < 1.29 is 4.74 Å². The van der Waals surface area contributed by atoms with Crippen molar-refractivity contribution in [2.75, 3.05) is 32.8 Å². The van der Waals surface area contributed by atoms with E-state index in [1.165, 1.54) is 24.9 Å². The maximum Gasteiger partial charge on any atom is 0.0495 e. The first kappa shape index (κ1) is 14.1. The van der Waals surface area contributed by atoms with Gasteiger partial charge in [-0.15, -0.1) is 0 Å². The van der Waals surface area contributed by atoms with Crippen LogP contribution in [0.1, 0.15) is 31.4 Å². The van der Waals surface area contributed by atoms with Gasteiger partial charge in [-0.1, -0.05) is 30.3 Å². The number of benzene rings is 1. The zero-order valence-corrected chi connectivity index (χ0v) is 12.4. The molecule has 20 heavy (non-hydrogen) atoms. The highest BCUT2D eigenvalue weighted by Gasteiger charge is 2.27. The number of nitrogens with one attached hydrogen (secondary N) is 1. The lowest BCUT2D eigenvalue weighted by Gasteiger charge is -2.40. The molecule has 0 saturated carbocycles. The van der Waals surface area contributed by atoms with E-state index in [1.54, 1.807) is 0 Å². The summed E-state index contributed by atoms with van der Waals surface area (Å²) >= 11 is 0. The molecule has 3 heteroatoms. The molecule has 0 bridgehead atoms. The Balaban J connectivity index is 1.63. The molecule has 0 radical (unpaired) electrons.